The highest BCUT2D eigenvalue weighted by Gasteiger charge is 2.26. The molecule has 1 heterocycles. The maximum absolute atomic E-state index is 12.0. The first-order valence-electron chi connectivity index (χ1n) is 14.8. The normalized spacial score (nSPS) is 14.8. The lowest BCUT2D eigenvalue weighted by molar-refractivity contribution is -0.151. The maximum atomic E-state index is 12.0. The lowest BCUT2D eigenvalue weighted by Gasteiger charge is -2.25. The summed E-state index contributed by atoms with van der Waals surface area (Å²) in [6.07, 6.45) is 12.6. The van der Waals surface area contributed by atoms with Crippen molar-refractivity contribution < 1.29 is 29.3 Å². The Labute approximate surface area is 234 Å². The summed E-state index contributed by atoms with van der Waals surface area (Å²) < 4.78 is 10.7. The van der Waals surface area contributed by atoms with Crippen LogP contribution in [-0.4, -0.2) is 35.2 Å². The predicted molar refractivity (Wildman–Crippen MR) is 155 cm³/mol. The molecule has 2 aromatic rings. The standard InChI is InChI=1S/C18H34O3.C15H14O3/c1-4-7-8-9-10-11-12-13-15-16(17(19)14-5-2)18(20)21-6-3;16-13-4-1-10(2-5-13)12-7-11-3-6-14(17)8-15(11)18-9-12/h16H,4-15H2,1-3H3;1-6,8,12,16-17H,7,9H2/t;12-/m.1/s1. The van der Waals surface area contributed by atoms with Crippen molar-refractivity contribution in [3.05, 3.63) is 53.6 Å². The molecule has 1 aliphatic rings. The fraction of sp³-hybridized carbons (Fsp3) is 0.576. The second-order valence-corrected chi connectivity index (χ2v) is 10.4. The molecule has 0 fully saturated rings. The van der Waals surface area contributed by atoms with Gasteiger partial charge < -0.3 is 19.7 Å². The summed E-state index contributed by atoms with van der Waals surface area (Å²) in [7, 11) is 0. The number of carbonyl (C=O) groups excluding carboxylic acids is 2. The Morgan fingerprint density at radius 3 is 2.15 bits per heavy atom. The van der Waals surface area contributed by atoms with Crippen molar-refractivity contribution >= 4 is 11.8 Å². The highest BCUT2D eigenvalue weighted by Crippen LogP contribution is 2.34. The van der Waals surface area contributed by atoms with Gasteiger partial charge in [-0.05, 0) is 55.5 Å². The van der Waals surface area contributed by atoms with E-state index in [1.54, 1.807) is 31.2 Å². The number of benzene rings is 2. The van der Waals surface area contributed by atoms with Gasteiger partial charge in [0.15, 0.2) is 0 Å². The van der Waals surface area contributed by atoms with Crippen LogP contribution in [0.3, 0.4) is 0 Å². The Morgan fingerprint density at radius 2 is 1.51 bits per heavy atom. The van der Waals surface area contributed by atoms with Gasteiger partial charge in [-0.15, -0.1) is 0 Å². The summed E-state index contributed by atoms with van der Waals surface area (Å²) in [4.78, 5) is 23.9. The first-order valence-corrected chi connectivity index (χ1v) is 14.8. The molecule has 0 saturated carbocycles. The van der Waals surface area contributed by atoms with Gasteiger partial charge in [0.2, 0.25) is 0 Å². The van der Waals surface area contributed by atoms with E-state index >= 15 is 0 Å². The number of aromatic hydroxyl groups is 2. The van der Waals surface area contributed by atoms with Crippen LogP contribution >= 0.6 is 0 Å². The van der Waals surface area contributed by atoms with Crippen LogP contribution < -0.4 is 4.74 Å². The van der Waals surface area contributed by atoms with Crippen LogP contribution in [0.1, 0.15) is 108 Å². The van der Waals surface area contributed by atoms with E-state index in [0.29, 0.717) is 32.0 Å². The zero-order chi connectivity index (χ0) is 28.5. The number of hydrogen-bond donors (Lipinski definition) is 2. The largest absolute Gasteiger partial charge is 0.508 e. The molecule has 2 aromatic carbocycles. The van der Waals surface area contributed by atoms with E-state index in [1.165, 1.54) is 38.5 Å². The smallest absolute Gasteiger partial charge is 0.316 e. The van der Waals surface area contributed by atoms with E-state index in [2.05, 4.69) is 6.92 Å². The molecule has 216 valence electrons. The number of ether oxygens (including phenoxy) is 2. The number of fused-ring (bicyclic) bond motifs is 1. The van der Waals surface area contributed by atoms with Crippen molar-refractivity contribution in [1.82, 2.24) is 0 Å². The lowest BCUT2D eigenvalue weighted by Crippen LogP contribution is -2.26. The molecule has 2 N–H and O–H groups in total. The Balaban J connectivity index is 0.000000275. The van der Waals surface area contributed by atoms with E-state index < -0.39 is 5.92 Å². The summed E-state index contributed by atoms with van der Waals surface area (Å²) in [5.41, 5.74) is 2.27. The van der Waals surface area contributed by atoms with Gasteiger partial charge in [-0.3, -0.25) is 9.59 Å². The second-order valence-electron chi connectivity index (χ2n) is 10.4. The minimum atomic E-state index is -0.523. The van der Waals surface area contributed by atoms with E-state index in [0.717, 1.165) is 42.6 Å². The predicted octanol–water partition coefficient (Wildman–Crippen LogP) is 7.88. The average molecular weight is 541 g/mol. The van der Waals surface area contributed by atoms with Gasteiger partial charge in [0.1, 0.15) is 28.9 Å². The Hall–Kier alpha value is -3.02. The molecule has 0 aromatic heterocycles. The molecular weight excluding hydrogens is 492 g/mol. The Morgan fingerprint density at radius 1 is 0.872 bits per heavy atom. The molecule has 0 saturated heterocycles. The third-order valence-electron chi connectivity index (χ3n) is 7.12. The number of phenolic OH excluding ortho intramolecular Hbond substituents is 2. The highest BCUT2D eigenvalue weighted by molar-refractivity contribution is 5.98. The van der Waals surface area contributed by atoms with Crippen LogP contribution in [0.15, 0.2) is 42.5 Å². The monoisotopic (exact) mass is 540 g/mol. The van der Waals surface area contributed by atoms with E-state index in [1.807, 2.05) is 25.1 Å². The van der Waals surface area contributed by atoms with E-state index in [-0.39, 0.29) is 23.3 Å². The van der Waals surface area contributed by atoms with Gasteiger partial charge in [0.25, 0.3) is 0 Å². The minimum absolute atomic E-state index is 0.0545. The van der Waals surface area contributed by atoms with Crippen LogP contribution in [0.2, 0.25) is 0 Å². The van der Waals surface area contributed by atoms with Gasteiger partial charge in [0, 0.05) is 18.4 Å². The molecule has 6 nitrogen and oxygen atoms in total. The average Bonchev–Trinajstić information content (AvgIpc) is 2.93. The van der Waals surface area contributed by atoms with E-state index in [9.17, 15) is 19.8 Å². The van der Waals surface area contributed by atoms with Crippen LogP contribution in [0.5, 0.6) is 17.2 Å². The molecule has 0 radical (unpaired) electrons. The number of rotatable bonds is 15. The van der Waals surface area contributed by atoms with Crippen LogP contribution in [-0.2, 0) is 20.7 Å². The van der Waals surface area contributed by atoms with E-state index in [4.69, 9.17) is 9.47 Å². The molecule has 3 rings (SSSR count). The van der Waals surface area contributed by atoms with Crippen molar-refractivity contribution in [3.63, 3.8) is 0 Å². The fourth-order valence-electron chi connectivity index (χ4n) is 4.88. The molecule has 1 unspecified atom stereocenters. The zero-order valence-electron chi connectivity index (χ0n) is 24.1. The molecule has 1 aliphatic heterocycles. The zero-order valence-corrected chi connectivity index (χ0v) is 24.1. The van der Waals surface area contributed by atoms with Crippen molar-refractivity contribution in [2.45, 2.75) is 104 Å². The third kappa shape index (κ3) is 11.7. The number of ketones is 1. The highest BCUT2D eigenvalue weighted by atomic mass is 16.5. The number of Topliss-reactive ketones (excluding diaryl/α,β-unsaturated/α-hetero) is 1. The molecule has 0 aliphatic carbocycles. The van der Waals surface area contributed by atoms with Crippen LogP contribution in [0.25, 0.3) is 0 Å². The Kier molecular flexibility index (Phi) is 15.1. The number of hydrogen-bond acceptors (Lipinski definition) is 6. The number of unbranched alkanes of at least 4 members (excludes halogenated alkanes) is 7. The topological polar surface area (TPSA) is 93.1 Å². The Bertz CT molecular complexity index is 966. The van der Waals surface area contributed by atoms with Crippen molar-refractivity contribution in [2.24, 2.45) is 5.92 Å². The molecule has 2 atom stereocenters. The SMILES string of the molecule is CCCCCCCCCCC(C(=O)CCC)C(=O)OCC.Oc1ccc([C@H]2COc3cc(O)ccc3C2)cc1. The number of esters is 1. The molecule has 0 spiro atoms. The minimum Gasteiger partial charge on any atom is -0.508 e. The number of phenols is 2. The van der Waals surface area contributed by atoms with Gasteiger partial charge in [0.05, 0.1) is 13.2 Å². The van der Waals surface area contributed by atoms with Gasteiger partial charge >= 0.3 is 5.97 Å². The molecule has 0 amide bonds. The lowest BCUT2D eigenvalue weighted by atomic mass is 9.90. The summed E-state index contributed by atoms with van der Waals surface area (Å²) in [6.45, 7) is 6.93. The van der Waals surface area contributed by atoms with Crippen LogP contribution in [0, 0.1) is 5.92 Å². The first kappa shape index (κ1) is 32.2. The summed E-state index contributed by atoms with van der Waals surface area (Å²) in [6, 6.07) is 12.5. The molecule has 39 heavy (non-hydrogen) atoms. The van der Waals surface area contributed by atoms with Crippen molar-refractivity contribution in [1.29, 1.82) is 0 Å². The van der Waals surface area contributed by atoms with Gasteiger partial charge in [-0.25, -0.2) is 0 Å². The maximum Gasteiger partial charge on any atom is 0.316 e. The summed E-state index contributed by atoms with van der Waals surface area (Å²) in [5, 5.41) is 18.7. The van der Waals surface area contributed by atoms with Crippen molar-refractivity contribution in [3.8, 4) is 17.2 Å². The second kappa shape index (κ2) is 18.3. The summed E-state index contributed by atoms with van der Waals surface area (Å²) in [5.74, 6) is 0.785. The third-order valence-corrected chi connectivity index (χ3v) is 7.12. The first-order chi connectivity index (χ1) is 18.9. The fourth-order valence-corrected chi connectivity index (χ4v) is 4.88. The number of carbonyl (C=O) groups is 2. The van der Waals surface area contributed by atoms with Crippen LogP contribution in [0.4, 0.5) is 0 Å². The van der Waals surface area contributed by atoms with Gasteiger partial charge in [-0.2, -0.15) is 0 Å². The van der Waals surface area contributed by atoms with Gasteiger partial charge in [-0.1, -0.05) is 83.4 Å². The quantitative estimate of drug-likeness (QED) is 0.136. The van der Waals surface area contributed by atoms with Crippen molar-refractivity contribution in [2.75, 3.05) is 13.2 Å². The molecule has 6 heteroatoms. The summed E-state index contributed by atoms with van der Waals surface area (Å²) >= 11 is 0. The molecule has 0 bridgehead atoms. The molecular formula is C33H48O6.